The Balaban J connectivity index is 1.44. The molecule has 196 valence electrons. The topological polar surface area (TPSA) is 116 Å². The molecule has 6 atom stereocenters. The Morgan fingerprint density at radius 3 is 2.17 bits per heavy atom. The van der Waals surface area contributed by atoms with Crippen LogP contribution in [-0.4, -0.2) is 74.0 Å². The van der Waals surface area contributed by atoms with Gasteiger partial charge in [0.05, 0.1) is 40.3 Å². The van der Waals surface area contributed by atoms with Gasteiger partial charge >= 0.3 is 0 Å². The SMILES string of the molecule is COc1ccc(CC2=COC[C@@H]2Cc2ccc(O[C@@H]3O[C@H](C)[C@@H](O)[C@H](O)[C@H]3O)c(OC)c2)cc1OC. The van der Waals surface area contributed by atoms with Crippen LogP contribution in [0.25, 0.3) is 0 Å². The first kappa shape index (κ1) is 26.1. The Morgan fingerprint density at radius 2 is 1.44 bits per heavy atom. The minimum absolute atomic E-state index is 0.190. The summed E-state index contributed by atoms with van der Waals surface area (Å²) in [5.74, 6) is 2.41. The summed E-state index contributed by atoms with van der Waals surface area (Å²) >= 11 is 0. The number of hydrogen-bond donors (Lipinski definition) is 3. The van der Waals surface area contributed by atoms with Gasteiger partial charge in [0, 0.05) is 5.92 Å². The lowest BCUT2D eigenvalue weighted by molar-refractivity contribution is -0.268. The van der Waals surface area contributed by atoms with Gasteiger partial charge in [0.25, 0.3) is 0 Å². The Bertz CT molecular complexity index is 1070. The van der Waals surface area contributed by atoms with E-state index in [-0.39, 0.29) is 5.92 Å². The molecular formula is C27H34O9. The molecule has 2 aliphatic heterocycles. The smallest absolute Gasteiger partial charge is 0.229 e. The van der Waals surface area contributed by atoms with E-state index in [0.717, 1.165) is 24.0 Å². The van der Waals surface area contributed by atoms with E-state index in [1.807, 2.05) is 36.6 Å². The lowest BCUT2D eigenvalue weighted by Gasteiger charge is -2.39. The van der Waals surface area contributed by atoms with Crippen LogP contribution in [0.4, 0.5) is 0 Å². The minimum atomic E-state index is -1.40. The minimum Gasteiger partial charge on any atom is -0.501 e. The standard InChI is InChI=1S/C27H34O9/c1-15-24(28)25(29)26(30)27(35-15)36-21-8-6-17(12-23(21)33-4)10-19-14-34-13-18(19)9-16-5-7-20(31-2)22(11-16)32-3/h5-8,11-13,15,19,24-30H,9-10,14H2,1-4H3/t15-,19+,24-,25+,26-,27+/m1/s1. The van der Waals surface area contributed by atoms with Crippen LogP contribution < -0.4 is 18.9 Å². The molecule has 0 radical (unpaired) electrons. The maximum atomic E-state index is 10.3. The monoisotopic (exact) mass is 502 g/mol. The quantitative estimate of drug-likeness (QED) is 0.475. The van der Waals surface area contributed by atoms with E-state index in [1.165, 1.54) is 12.7 Å². The fourth-order valence-electron chi connectivity index (χ4n) is 4.53. The number of methoxy groups -OCH3 is 3. The van der Waals surface area contributed by atoms with E-state index in [0.29, 0.717) is 29.6 Å². The largest absolute Gasteiger partial charge is 0.501 e. The van der Waals surface area contributed by atoms with Gasteiger partial charge in [-0.3, -0.25) is 0 Å². The number of hydrogen-bond acceptors (Lipinski definition) is 9. The fourth-order valence-corrected chi connectivity index (χ4v) is 4.53. The Labute approximate surface area is 210 Å². The van der Waals surface area contributed by atoms with Crippen LogP contribution in [0.15, 0.2) is 48.2 Å². The van der Waals surface area contributed by atoms with Crippen LogP contribution in [0.1, 0.15) is 18.1 Å². The van der Waals surface area contributed by atoms with E-state index in [1.54, 1.807) is 27.2 Å². The maximum absolute atomic E-state index is 10.3. The summed E-state index contributed by atoms with van der Waals surface area (Å²) in [5, 5.41) is 30.2. The summed E-state index contributed by atoms with van der Waals surface area (Å²) in [6, 6.07) is 11.4. The van der Waals surface area contributed by atoms with Gasteiger partial charge in [-0.1, -0.05) is 12.1 Å². The van der Waals surface area contributed by atoms with Gasteiger partial charge in [-0.25, -0.2) is 0 Å². The van der Waals surface area contributed by atoms with E-state index < -0.39 is 30.7 Å². The molecule has 36 heavy (non-hydrogen) atoms. The first-order valence-corrected chi connectivity index (χ1v) is 11.9. The molecule has 2 aromatic rings. The molecule has 1 saturated heterocycles. The number of benzene rings is 2. The molecule has 9 nitrogen and oxygen atoms in total. The van der Waals surface area contributed by atoms with Crippen molar-refractivity contribution in [2.75, 3.05) is 27.9 Å². The molecule has 0 aromatic heterocycles. The van der Waals surface area contributed by atoms with Gasteiger partial charge in [0.1, 0.15) is 18.3 Å². The van der Waals surface area contributed by atoms with Crippen molar-refractivity contribution in [3.63, 3.8) is 0 Å². The second-order valence-corrected chi connectivity index (χ2v) is 9.08. The van der Waals surface area contributed by atoms with Gasteiger partial charge in [-0.15, -0.1) is 0 Å². The molecule has 4 rings (SSSR count). The van der Waals surface area contributed by atoms with Gasteiger partial charge in [-0.2, -0.15) is 0 Å². The molecule has 2 aromatic carbocycles. The second kappa shape index (κ2) is 11.4. The van der Waals surface area contributed by atoms with Crippen LogP contribution in [-0.2, 0) is 22.3 Å². The predicted molar refractivity (Wildman–Crippen MR) is 130 cm³/mol. The van der Waals surface area contributed by atoms with Crippen LogP contribution in [0.2, 0.25) is 0 Å². The predicted octanol–water partition coefficient (Wildman–Crippen LogP) is 2.23. The lowest BCUT2D eigenvalue weighted by atomic mass is 9.90. The average molecular weight is 503 g/mol. The molecular weight excluding hydrogens is 468 g/mol. The first-order valence-electron chi connectivity index (χ1n) is 11.9. The molecule has 1 fully saturated rings. The first-order chi connectivity index (χ1) is 17.3. The number of aliphatic hydroxyl groups excluding tert-OH is 3. The summed E-state index contributed by atoms with van der Waals surface area (Å²) < 4.78 is 33.3. The maximum Gasteiger partial charge on any atom is 0.229 e. The molecule has 0 saturated carbocycles. The molecule has 0 spiro atoms. The zero-order valence-electron chi connectivity index (χ0n) is 20.9. The van der Waals surface area contributed by atoms with Crippen molar-refractivity contribution in [3.8, 4) is 23.0 Å². The number of aliphatic hydroxyl groups is 3. The van der Waals surface area contributed by atoms with Crippen molar-refractivity contribution in [1.82, 2.24) is 0 Å². The summed E-state index contributed by atoms with van der Waals surface area (Å²) in [6.45, 7) is 2.19. The average Bonchev–Trinajstić information content (AvgIpc) is 3.32. The van der Waals surface area contributed by atoms with E-state index in [9.17, 15) is 15.3 Å². The highest BCUT2D eigenvalue weighted by molar-refractivity contribution is 5.45. The highest BCUT2D eigenvalue weighted by atomic mass is 16.7. The van der Waals surface area contributed by atoms with E-state index >= 15 is 0 Å². The van der Waals surface area contributed by atoms with E-state index in [2.05, 4.69) is 0 Å². The van der Waals surface area contributed by atoms with Gasteiger partial charge in [-0.05, 0) is 60.7 Å². The third-order valence-corrected chi connectivity index (χ3v) is 6.67. The van der Waals surface area contributed by atoms with Crippen molar-refractivity contribution in [2.45, 2.75) is 50.5 Å². The van der Waals surface area contributed by atoms with Crippen LogP contribution in [0, 0.1) is 5.92 Å². The molecule has 2 aliphatic rings. The Kier molecular flexibility index (Phi) is 8.25. The Morgan fingerprint density at radius 1 is 0.806 bits per heavy atom. The highest BCUT2D eigenvalue weighted by Crippen LogP contribution is 2.35. The van der Waals surface area contributed by atoms with Gasteiger partial charge in [0.2, 0.25) is 6.29 Å². The van der Waals surface area contributed by atoms with Crippen molar-refractivity contribution >= 4 is 0 Å². The zero-order chi connectivity index (χ0) is 25.8. The summed E-state index contributed by atoms with van der Waals surface area (Å²) in [7, 11) is 4.77. The van der Waals surface area contributed by atoms with Crippen LogP contribution in [0.5, 0.6) is 23.0 Å². The van der Waals surface area contributed by atoms with E-state index in [4.69, 9.17) is 28.4 Å². The normalized spacial score (nSPS) is 27.7. The van der Waals surface area contributed by atoms with Crippen molar-refractivity contribution in [2.24, 2.45) is 5.92 Å². The molecule has 2 heterocycles. The van der Waals surface area contributed by atoms with Gasteiger partial charge < -0.3 is 43.7 Å². The third-order valence-electron chi connectivity index (χ3n) is 6.67. The summed E-state index contributed by atoms with van der Waals surface area (Å²) in [5.41, 5.74) is 3.31. The summed E-state index contributed by atoms with van der Waals surface area (Å²) in [4.78, 5) is 0. The van der Waals surface area contributed by atoms with Gasteiger partial charge in [0.15, 0.2) is 23.0 Å². The molecule has 0 aliphatic carbocycles. The Hall–Kier alpha value is -2.98. The zero-order valence-corrected chi connectivity index (χ0v) is 20.9. The second-order valence-electron chi connectivity index (χ2n) is 9.08. The van der Waals surface area contributed by atoms with Crippen molar-refractivity contribution in [3.05, 3.63) is 59.4 Å². The molecule has 0 unspecified atom stereocenters. The van der Waals surface area contributed by atoms with Crippen molar-refractivity contribution < 1.29 is 43.7 Å². The molecule has 9 heteroatoms. The van der Waals surface area contributed by atoms with Crippen LogP contribution >= 0.6 is 0 Å². The number of rotatable bonds is 9. The van der Waals surface area contributed by atoms with Crippen LogP contribution in [0.3, 0.4) is 0 Å². The molecule has 0 bridgehead atoms. The lowest BCUT2D eigenvalue weighted by Crippen LogP contribution is -2.58. The molecule has 3 N–H and O–H groups in total. The third kappa shape index (κ3) is 5.54. The fraction of sp³-hybridized carbons (Fsp3) is 0.481. The number of ether oxygens (including phenoxy) is 6. The highest BCUT2D eigenvalue weighted by Gasteiger charge is 2.43. The summed E-state index contributed by atoms with van der Waals surface area (Å²) in [6.07, 6.45) is -2.51. The molecule has 0 amide bonds. The van der Waals surface area contributed by atoms with Crippen molar-refractivity contribution in [1.29, 1.82) is 0 Å².